The first kappa shape index (κ1) is 27.2. The number of ether oxygens (including phenoxy) is 2. The quantitative estimate of drug-likeness (QED) is 0.202. The first-order valence-electron chi connectivity index (χ1n) is 11.4. The molecule has 7 nitrogen and oxygen atoms in total. The molecule has 1 saturated carbocycles. The molecule has 1 saturated heterocycles. The van der Waals surface area contributed by atoms with Gasteiger partial charge in [-0.1, -0.05) is 29.8 Å². The van der Waals surface area contributed by atoms with E-state index in [1.54, 1.807) is 6.92 Å². The Morgan fingerprint density at radius 2 is 2.00 bits per heavy atom. The van der Waals surface area contributed by atoms with Gasteiger partial charge in [0.25, 0.3) is 0 Å². The molecule has 2 fully saturated rings. The number of hydrogen-bond donors (Lipinski definition) is 3. The number of amides is 2. The van der Waals surface area contributed by atoms with Gasteiger partial charge < -0.3 is 19.7 Å². The molecule has 1 aromatic rings. The largest absolute Gasteiger partial charge is 0.390 e. The number of halogens is 1. The van der Waals surface area contributed by atoms with Crippen LogP contribution in [0.3, 0.4) is 0 Å². The number of thioether (sulfide) groups is 1. The highest BCUT2D eigenvalue weighted by atomic mass is 35.5. The summed E-state index contributed by atoms with van der Waals surface area (Å²) in [6.07, 6.45) is 0.343. The first-order valence-corrected chi connectivity index (χ1v) is 12.9. The van der Waals surface area contributed by atoms with Crippen LogP contribution in [0.25, 0.3) is 0 Å². The van der Waals surface area contributed by atoms with E-state index in [1.165, 1.54) is 18.9 Å². The van der Waals surface area contributed by atoms with Crippen LogP contribution >= 0.6 is 23.4 Å². The van der Waals surface area contributed by atoms with Crippen LogP contribution in [0.5, 0.6) is 0 Å². The number of allylic oxidation sites excluding steroid dienone is 1. The molecule has 0 radical (unpaired) electrons. The summed E-state index contributed by atoms with van der Waals surface area (Å²) in [6, 6.07) is 9.54. The number of hydrogen-bond acceptors (Lipinski definition) is 7. The fourth-order valence-electron chi connectivity index (χ4n) is 5.32. The third-order valence-electron chi connectivity index (χ3n) is 7.04. The molecule has 3 N–H and O–H groups in total. The van der Waals surface area contributed by atoms with E-state index in [4.69, 9.17) is 21.1 Å². The van der Waals surface area contributed by atoms with Crippen molar-refractivity contribution in [3.63, 3.8) is 0 Å². The summed E-state index contributed by atoms with van der Waals surface area (Å²) in [6.45, 7) is 5.69. The molecule has 1 aromatic carbocycles. The lowest BCUT2D eigenvalue weighted by Crippen LogP contribution is -2.75. The summed E-state index contributed by atoms with van der Waals surface area (Å²) < 4.78 is 11.9. The average Bonchev–Trinajstić information content (AvgIpc) is 3.49. The van der Waals surface area contributed by atoms with Gasteiger partial charge in [-0.25, -0.2) is 0 Å². The van der Waals surface area contributed by atoms with Gasteiger partial charge >= 0.3 is 0 Å². The van der Waals surface area contributed by atoms with Crippen molar-refractivity contribution >= 4 is 35.2 Å². The van der Waals surface area contributed by atoms with E-state index in [0.29, 0.717) is 6.42 Å². The van der Waals surface area contributed by atoms with E-state index >= 15 is 0 Å². The van der Waals surface area contributed by atoms with Crippen LogP contribution in [0.2, 0.25) is 0 Å². The zero-order valence-corrected chi connectivity index (χ0v) is 21.6. The molecule has 3 rings (SSSR count). The Balaban J connectivity index is 2.12. The van der Waals surface area contributed by atoms with Crippen molar-refractivity contribution in [1.82, 2.24) is 5.32 Å². The first-order chi connectivity index (χ1) is 16.1. The molecule has 2 aliphatic rings. The van der Waals surface area contributed by atoms with E-state index in [1.807, 2.05) is 50.3 Å². The number of carbonyl (C=O) groups excluding carboxylic acids is 2. The van der Waals surface area contributed by atoms with Crippen LogP contribution in [0, 0.1) is 5.41 Å². The molecule has 2 amide bonds. The normalized spacial score (nSPS) is 34.9. The van der Waals surface area contributed by atoms with Crippen LogP contribution in [0.4, 0.5) is 0 Å². The minimum absolute atomic E-state index is 0.130. The molecule has 188 valence electrons. The van der Waals surface area contributed by atoms with Gasteiger partial charge in [0.2, 0.25) is 11.8 Å². The minimum Gasteiger partial charge on any atom is -0.390 e. The third-order valence-corrected chi connectivity index (χ3v) is 8.51. The zero-order chi connectivity index (χ0) is 25.1. The van der Waals surface area contributed by atoms with Crippen molar-refractivity contribution in [2.45, 2.75) is 74.4 Å². The molecular formula is C25H34ClNO6S. The maximum atomic E-state index is 14.0. The predicted molar refractivity (Wildman–Crippen MR) is 132 cm³/mol. The van der Waals surface area contributed by atoms with E-state index in [2.05, 4.69) is 5.32 Å². The van der Waals surface area contributed by atoms with Gasteiger partial charge in [-0.3, -0.25) is 14.9 Å². The van der Waals surface area contributed by atoms with Crippen LogP contribution in [-0.4, -0.2) is 70.3 Å². The second-order valence-electron chi connectivity index (χ2n) is 9.45. The molecule has 6 atom stereocenters. The number of alkyl halides is 1. The topological polar surface area (TPSA) is 108 Å². The van der Waals surface area contributed by atoms with Gasteiger partial charge in [-0.2, -0.15) is 0 Å². The van der Waals surface area contributed by atoms with Crippen LogP contribution in [-0.2, 0) is 19.1 Å². The molecule has 1 heterocycles. The van der Waals surface area contributed by atoms with Gasteiger partial charge in [0.1, 0.15) is 23.0 Å². The smallest absolute Gasteiger partial charge is 0.241 e. The number of rotatable bonds is 9. The van der Waals surface area contributed by atoms with Crippen molar-refractivity contribution in [2.24, 2.45) is 5.41 Å². The third kappa shape index (κ3) is 4.81. The van der Waals surface area contributed by atoms with Gasteiger partial charge in [0.15, 0.2) is 0 Å². The van der Waals surface area contributed by atoms with Crippen LogP contribution in [0.15, 0.2) is 46.9 Å². The number of methoxy groups -OCH3 is 1. The minimum atomic E-state index is -1.77. The Bertz CT molecular complexity index is 925. The second-order valence-corrected chi connectivity index (χ2v) is 10.8. The highest BCUT2D eigenvalue weighted by molar-refractivity contribution is 7.99. The fourth-order valence-corrected chi connectivity index (χ4v) is 6.51. The van der Waals surface area contributed by atoms with E-state index in [-0.39, 0.29) is 18.6 Å². The number of imide groups is 1. The molecule has 9 heteroatoms. The van der Waals surface area contributed by atoms with Crippen molar-refractivity contribution in [1.29, 1.82) is 0 Å². The molecule has 1 aliphatic carbocycles. The summed E-state index contributed by atoms with van der Waals surface area (Å²) in [5.41, 5.74) is -3.52. The maximum absolute atomic E-state index is 14.0. The van der Waals surface area contributed by atoms with Gasteiger partial charge in [-0.15, -0.1) is 23.4 Å². The maximum Gasteiger partial charge on any atom is 0.241 e. The van der Waals surface area contributed by atoms with E-state index < -0.39 is 52.6 Å². The van der Waals surface area contributed by atoms with Crippen molar-refractivity contribution in [3.05, 3.63) is 42.0 Å². The van der Waals surface area contributed by atoms with Gasteiger partial charge in [-0.05, 0) is 52.2 Å². The van der Waals surface area contributed by atoms with Crippen LogP contribution < -0.4 is 5.32 Å². The Kier molecular flexibility index (Phi) is 8.54. The summed E-state index contributed by atoms with van der Waals surface area (Å²) in [4.78, 5) is 27.1. The number of epoxide rings is 1. The number of carbonyl (C=O) groups is 2. The monoisotopic (exact) mass is 511 g/mol. The van der Waals surface area contributed by atoms with E-state index in [0.717, 1.165) is 10.5 Å². The van der Waals surface area contributed by atoms with Crippen LogP contribution in [0.1, 0.15) is 40.0 Å². The predicted octanol–water partition coefficient (Wildman–Crippen LogP) is 3.06. The summed E-state index contributed by atoms with van der Waals surface area (Å²) in [5.74, 6) is -1.72. The summed E-state index contributed by atoms with van der Waals surface area (Å²) in [5, 5.41) is 25.6. The Morgan fingerprint density at radius 1 is 1.32 bits per heavy atom. The molecule has 1 aliphatic heterocycles. The molecule has 0 spiro atoms. The lowest BCUT2D eigenvalue weighted by molar-refractivity contribution is -0.227. The highest BCUT2D eigenvalue weighted by Gasteiger charge is 2.80. The average molecular weight is 512 g/mol. The molecule has 0 bridgehead atoms. The summed E-state index contributed by atoms with van der Waals surface area (Å²) in [7, 11) is 1.40. The zero-order valence-electron chi connectivity index (χ0n) is 20.0. The Morgan fingerprint density at radius 3 is 2.59 bits per heavy atom. The second kappa shape index (κ2) is 10.7. The van der Waals surface area contributed by atoms with Crippen molar-refractivity contribution < 1.29 is 29.3 Å². The molecule has 34 heavy (non-hydrogen) atoms. The lowest BCUT2D eigenvalue weighted by Gasteiger charge is -2.56. The van der Waals surface area contributed by atoms with Crippen molar-refractivity contribution in [3.8, 4) is 0 Å². The molecule has 6 unspecified atom stereocenters. The lowest BCUT2D eigenvalue weighted by atomic mass is 9.53. The molecular weight excluding hydrogens is 478 g/mol. The number of nitrogens with one attached hydrogen (secondary N) is 1. The Labute approximate surface area is 210 Å². The van der Waals surface area contributed by atoms with Gasteiger partial charge in [0, 0.05) is 17.8 Å². The molecule has 0 aromatic heterocycles. The highest BCUT2D eigenvalue weighted by Crippen LogP contribution is 2.63. The fraction of sp³-hybridized carbons (Fsp3) is 0.600. The van der Waals surface area contributed by atoms with Gasteiger partial charge in [0.05, 0.1) is 17.8 Å². The van der Waals surface area contributed by atoms with Crippen molar-refractivity contribution in [2.75, 3.05) is 18.7 Å². The Hall–Kier alpha value is -1.42. The standard InChI is InChI=1S/C25H34ClNO6S/c1-16(2)10-11-19-23(3,33-19)25(22(30)27-20(29)14-26)21(32-4)18(28)12-13-24(25,31)15-34-17-8-6-5-7-9-17/h5-10,18-19,21,28,31H,11-15H2,1-4H3,(H,27,29,30). The van der Waals surface area contributed by atoms with E-state index in [9.17, 15) is 19.8 Å². The summed E-state index contributed by atoms with van der Waals surface area (Å²) >= 11 is 7.09. The number of aliphatic hydroxyl groups excluding tert-OH is 1. The number of aliphatic hydroxyl groups is 2. The SMILES string of the molecule is COC1C(O)CCC(O)(CSc2ccccc2)C1(C(=O)NC(=O)CCl)C1(C)OC1CC=C(C)C. The number of benzene rings is 1.